The molecule has 3 aromatic rings. The van der Waals surface area contributed by atoms with Gasteiger partial charge in [0, 0.05) is 36.5 Å². The van der Waals surface area contributed by atoms with Crippen LogP contribution < -0.4 is 10.2 Å². The fourth-order valence-corrected chi connectivity index (χ4v) is 4.51. The zero-order valence-corrected chi connectivity index (χ0v) is 17.1. The van der Waals surface area contributed by atoms with Gasteiger partial charge in [-0.3, -0.25) is 4.79 Å². The minimum atomic E-state index is 0.00535. The molecule has 5 heteroatoms. The summed E-state index contributed by atoms with van der Waals surface area (Å²) in [6, 6.07) is 20.3. The summed E-state index contributed by atoms with van der Waals surface area (Å²) in [5, 5.41) is 7.30. The van der Waals surface area contributed by atoms with Gasteiger partial charge in [-0.2, -0.15) is 11.3 Å². The van der Waals surface area contributed by atoms with Crippen molar-refractivity contribution in [3.63, 3.8) is 0 Å². The number of benzene rings is 2. The van der Waals surface area contributed by atoms with Crippen LogP contribution in [0.2, 0.25) is 0 Å². The molecular formula is C22H24N2OS2. The number of thiophene rings is 1. The molecule has 2 aromatic carbocycles. The number of hydrogen-bond donors (Lipinski definition) is 1. The second-order valence-corrected chi connectivity index (χ2v) is 8.08. The Balaban J connectivity index is 1.48. The van der Waals surface area contributed by atoms with Gasteiger partial charge in [-0.05, 0) is 53.1 Å². The summed E-state index contributed by atoms with van der Waals surface area (Å²) in [7, 11) is 2.08. The van der Waals surface area contributed by atoms with E-state index in [0.717, 1.165) is 29.2 Å². The average Bonchev–Trinajstić information content (AvgIpc) is 3.24. The van der Waals surface area contributed by atoms with Crippen LogP contribution in [0, 0.1) is 0 Å². The van der Waals surface area contributed by atoms with Gasteiger partial charge in [0.05, 0.1) is 5.56 Å². The maximum absolute atomic E-state index is 12.6. The lowest BCUT2D eigenvalue weighted by Crippen LogP contribution is -2.28. The number of amides is 1. The van der Waals surface area contributed by atoms with Gasteiger partial charge >= 0.3 is 0 Å². The van der Waals surface area contributed by atoms with Gasteiger partial charge in [-0.1, -0.05) is 30.3 Å². The third-order valence-corrected chi connectivity index (χ3v) is 6.14. The van der Waals surface area contributed by atoms with Crippen LogP contribution in [0.25, 0.3) is 0 Å². The smallest absolute Gasteiger partial charge is 0.252 e. The summed E-state index contributed by atoms with van der Waals surface area (Å²) < 4.78 is 0. The van der Waals surface area contributed by atoms with E-state index in [9.17, 15) is 4.79 Å². The number of rotatable bonds is 9. The lowest BCUT2D eigenvalue weighted by molar-refractivity contribution is 0.0950. The van der Waals surface area contributed by atoms with E-state index >= 15 is 0 Å². The van der Waals surface area contributed by atoms with E-state index in [1.165, 1.54) is 11.3 Å². The number of carbonyl (C=O) groups is 1. The molecule has 0 aliphatic rings. The summed E-state index contributed by atoms with van der Waals surface area (Å²) >= 11 is 3.41. The Morgan fingerprint density at radius 1 is 1.07 bits per heavy atom. The van der Waals surface area contributed by atoms with E-state index in [1.807, 2.05) is 42.5 Å². The fraction of sp³-hybridized carbons (Fsp3) is 0.227. The molecule has 1 amide bonds. The molecule has 0 spiro atoms. The first kappa shape index (κ1) is 19.5. The molecule has 3 rings (SSSR count). The molecule has 1 aromatic heterocycles. The molecule has 0 atom stereocenters. The number of nitrogens with zero attached hydrogens (tertiary/aromatic N) is 1. The van der Waals surface area contributed by atoms with E-state index < -0.39 is 0 Å². The van der Waals surface area contributed by atoms with Gasteiger partial charge in [0.25, 0.3) is 5.91 Å². The first-order valence-electron chi connectivity index (χ1n) is 9.01. The van der Waals surface area contributed by atoms with Crippen molar-refractivity contribution in [2.75, 3.05) is 25.0 Å². The van der Waals surface area contributed by atoms with Crippen molar-refractivity contribution >= 4 is 34.7 Å². The Morgan fingerprint density at radius 2 is 1.85 bits per heavy atom. The summed E-state index contributed by atoms with van der Waals surface area (Å²) in [4.78, 5) is 15.8. The highest BCUT2D eigenvalue weighted by atomic mass is 32.2. The lowest BCUT2D eigenvalue weighted by Gasteiger charge is -2.19. The van der Waals surface area contributed by atoms with Crippen molar-refractivity contribution in [1.82, 2.24) is 5.32 Å². The van der Waals surface area contributed by atoms with Crippen molar-refractivity contribution < 1.29 is 4.79 Å². The van der Waals surface area contributed by atoms with Gasteiger partial charge in [-0.15, -0.1) is 11.8 Å². The molecule has 140 valence electrons. The van der Waals surface area contributed by atoms with Gasteiger partial charge in [0.1, 0.15) is 0 Å². The minimum absolute atomic E-state index is 0.00535. The zero-order valence-electron chi connectivity index (χ0n) is 15.4. The van der Waals surface area contributed by atoms with Crippen LogP contribution in [0.15, 0.2) is 76.3 Å². The largest absolute Gasteiger partial charge is 0.375 e. The predicted molar refractivity (Wildman–Crippen MR) is 117 cm³/mol. The number of thioether (sulfide) groups is 1. The summed E-state index contributed by atoms with van der Waals surface area (Å²) in [6.45, 7) is 1.57. The first-order chi connectivity index (χ1) is 13.2. The normalized spacial score (nSPS) is 10.6. The minimum Gasteiger partial charge on any atom is -0.375 e. The van der Waals surface area contributed by atoms with Crippen molar-refractivity contribution in [3.05, 3.63) is 82.6 Å². The summed E-state index contributed by atoms with van der Waals surface area (Å²) in [5.41, 5.74) is 3.25. The Labute approximate surface area is 169 Å². The summed E-state index contributed by atoms with van der Waals surface area (Å²) in [5.74, 6) is 0.890. The van der Waals surface area contributed by atoms with E-state index in [0.29, 0.717) is 6.54 Å². The van der Waals surface area contributed by atoms with Crippen LogP contribution in [0.4, 0.5) is 5.69 Å². The van der Waals surface area contributed by atoms with Crippen molar-refractivity contribution in [2.24, 2.45) is 0 Å². The highest BCUT2D eigenvalue weighted by molar-refractivity contribution is 7.98. The molecule has 0 saturated heterocycles. The molecule has 0 radical (unpaired) electrons. The monoisotopic (exact) mass is 396 g/mol. The predicted octanol–water partition coefficient (Wildman–Crippen LogP) is 5.30. The Morgan fingerprint density at radius 3 is 2.63 bits per heavy atom. The maximum atomic E-state index is 12.6. The van der Waals surface area contributed by atoms with Gasteiger partial charge < -0.3 is 10.2 Å². The van der Waals surface area contributed by atoms with Gasteiger partial charge in [0.15, 0.2) is 0 Å². The molecule has 1 N–H and O–H groups in total. The molecule has 0 saturated carbocycles. The second-order valence-electron chi connectivity index (χ2n) is 6.28. The van der Waals surface area contributed by atoms with Crippen molar-refractivity contribution in [3.8, 4) is 0 Å². The van der Waals surface area contributed by atoms with Gasteiger partial charge in [-0.25, -0.2) is 0 Å². The van der Waals surface area contributed by atoms with Gasteiger partial charge in [0.2, 0.25) is 0 Å². The molecule has 3 nitrogen and oxygen atoms in total. The van der Waals surface area contributed by atoms with Crippen molar-refractivity contribution in [1.29, 1.82) is 0 Å². The SMILES string of the molecule is CN(CCCNC(=O)c1ccccc1SCc1ccsc1)c1ccccc1. The molecule has 0 aliphatic heterocycles. The summed E-state index contributed by atoms with van der Waals surface area (Å²) in [6.07, 6.45) is 0.904. The molecule has 0 fully saturated rings. The lowest BCUT2D eigenvalue weighted by atomic mass is 10.2. The first-order valence-corrected chi connectivity index (χ1v) is 10.9. The number of anilines is 1. The molecule has 1 heterocycles. The molecule has 0 aliphatic carbocycles. The van der Waals surface area contributed by atoms with Crippen LogP contribution in [0.3, 0.4) is 0 Å². The maximum Gasteiger partial charge on any atom is 0.252 e. The van der Waals surface area contributed by atoms with Crippen molar-refractivity contribution in [2.45, 2.75) is 17.1 Å². The molecular weight excluding hydrogens is 372 g/mol. The third kappa shape index (κ3) is 5.88. The Kier molecular flexibility index (Phi) is 7.36. The van der Waals surface area contributed by atoms with Crippen LogP contribution in [0.1, 0.15) is 22.3 Å². The number of para-hydroxylation sites is 1. The highest BCUT2D eigenvalue weighted by Crippen LogP contribution is 2.27. The zero-order chi connectivity index (χ0) is 18.9. The molecule has 27 heavy (non-hydrogen) atoms. The highest BCUT2D eigenvalue weighted by Gasteiger charge is 2.11. The number of hydrogen-bond acceptors (Lipinski definition) is 4. The van der Waals surface area contributed by atoms with Crippen LogP contribution in [-0.2, 0) is 5.75 Å². The molecule has 0 unspecified atom stereocenters. The third-order valence-electron chi connectivity index (χ3n) is 4.26. The number of nitrogens with one attached hydrogen (secondary N) is 1. The van der Waals surface area contributed by atoms with E-state index in [2.05, 4.69) is 46.2 Å². The fourth-order valence-electron chi connectivity index (χ4n) is 2.74. The van der Waals surface area contributed by atoms with E-state index in [-0.39, 0.29) is 5.91 Å². The van der Waals surface area contributed by atoms with Crippen LogP contribution >= 0.6 is 23.1 Å². The van der Waals surface area contributed by atoms with E-state index in [4.69, 9.17) is 0 Å². The Bertz CT molecular complexity index is 835. The standard InChI is InChI=1S/C22H24N2OS2/c1-24(19-8-3-2-4-9-19)14-7-13-23-22(25)20-10-5-6-11-21(20)27-17-18-12-15-26-16-18/h2-6,8-12,15-16H,7,13-14,17H2,1H3,(H,23,25). The van der Waals surface area contributed by atoms with Crippen LogP contribution in [-0.4, -0.2) is 26.0 Å². The van der Waals surface area contributed by atoms with Crippen LogP contribution in [0.5, 0.6) is 0 Å². The average molecular weight is 397 g/mol. The topological polar surface area (TPSA) is 32.3 Å². The quantitative estimate of drug-likeness (QED) is 0.394. The number of carbonyl (C=O) groups excluding carboxylic acids is 1. The Hall–Kier alpha value is -2.24. The van der Waals surface area contributed by atoms with E-state index in [1.54, 1.807) is 23.1 Å². The second kappa shape index (κ2) is 10.2. The molecule has 0 bridgehead atoms.